The van der Waals surface area contributed by atoms with Crippen molar-refractivity contribution in [1.29, 1.82) is 0 Å². The lowest BCUT2D eigenvalue weighted by atomic mass is 9.95. The van der Waals surface area contributed by atoms with Crippen LogP contribution in [0.25, 0.3) is 0 Å². The van der Waals surface area contributed by atoms with Crippen LogP contribution < -0.4 is 0 Å². The molecule has 0 aliphatic rings. The minimum absolute atomic E-state index is 0.0489. The lowest BCUT2D eigenvalue weighted by Gasteiger charge is -2.23. The van der Waals surface area contributed by atoms with Crippen molar-refractivity contribution in [2.75, 3.05) is 6.61 Å². The summed E-state index contributed by atoms with van der Waals surface area (Å²) in [4.78, 5) is 0. The molecule has 0 amide bonds. The summed E-state index contributed by atoms with van der Waals surface area (Å²) in [6.45, 7) is 1.38. The quantitative estimate of drug-likeness (QED) is 0.717. The van der Waals surface area contributed by atoms with Crippen molar-refractivity contribution in [2.45, 2.75) is 25.9 Å². The highest BCUT2D eigenvalue weighted by atomic mass is 19.3. The normalized spacial score (nSPS) is 13.1. The molecule has 3 heteroatoms. The van der Waals surface area contributed by atoms with Gasteiger partial charge in [-0.3, -0.25) is 0 Å². The van der Waals surface area contributed by atoms with Crippen LogP contribution in [0.15, 0.2) is 60.7 Å². The second-order valence-corrected chi connectivity index (χ2v) is 5.34. The monoisotopic (exact) mass is 290 g/mol. The number of hydrogen-bond acceptors (Lipinski definition) is 1. The third kappa shape index (κ3) is 5.27. The van der Waals surface area contributed by atoms with Crippen molar-refractivity contribution in [3.8, 4) is 0 Å². The van der Waals surface area contributed by atoms with Gasteiger partial charge < -0.3 is 4.74 Å². The molecule has 0 spiro atoms. The molecule has 2 aromatic carbocycles. The van der Waals surface area contributed by atoms with E-state index in [4.69, 9.17) is 4.74 Å². The van der Waals surface area contributed by atoms with E-state index in [2.05, 4.69) is 0 Å². The summed E-state index contributed by atoms with van der Waals surface area (Å²) in [5.41, 5.74) is 1.91. The molecule has 0 unspecified atom stereocenters. The molecule has 112 valence electrons. The first kappa shape index (κ1) is 15.6. The molecule has 0 radical (unpaired) electrons. The standard InChI is InChI=1S/C18H20F2O/c1-18(19,20)17(12-15-8-4-2-5-9-15)14-21-13-16-10-6-3-7-11-16/h2-11,17H,12-14H2,1H3/t17-/m0/s1. The third-order valence-electron chi connectivity index (χ3n) is 3.47. The molecule has 21 heavy (non-hydrogen) atoms. The van der Waals surface area contributed by atoms with E-state index in [0.29, 0.717) is 13.0 Å². The molecular formula is C18H20F2O. The highest BCUT2D eigenvalue weighted by Gasteiger charge is 2.34. The molecule has 0 fully saturated rings. The molecule has 0 heterocycles. The second kappa shape index (κ2) is 7.32. The fourth-order valence-electron chi connectivity index (χ4n) is 2.18. The van der Waals surface area contributed by atoms with Crippen molar-refractivity contribution in [1.82, 2.24) is 0 Å². The topological polar surface area (TPSA) is 9.23 Å². The lowest BCUT2D eigenvalue weighted by Crippen LogP contribution is -2.30. The van der Waals surface area contributed by atoms with Gasteiger partial charge in [0.1, 0.15) is 0 Å². The number of ether oxygens (including phenoxy) is 1. The van der Waals surface area contributed by atoms with E-state index in [1.54, 1.807) is 0 Å². The Kier molecular flexibility index (Phi) is 5.45. The van der Waals surface area contributed by atoms with Crippen LogP contribution >= 0.6 is 0 Å². The van der Waals surface area contributed by atoms with Gasteiger partial charge >= 0.3 is 0 Å². The predicted octanol–water partition coefficient (Wildman–Crippen LogP) is 4.72. The molecule has 0 aliphatic heterocycles. The zero-order valence-corrected chi connectivity index (χ0v) is 12.1. The molecule has 2 aromatic rings. The summed E-state index contributed by atoms with van der Waals surface area (Å²) in [5, 5.41) is 0. The van der Waals surface area contributed by atoms with E-state index < -0.39 is 11.8 Å². The summed E-state index contributed by atoms with van der Waals surface area (Å²) in [6.07, 6.45) is 0.319. The molecule has 0 aliphatic carbocycles. The zero-order chi connectivity index (χ0) is 15.1. The van der Waals surface area contributed by atoms with Crippen LogP contribution in [0.3, 0.4) is 0 Å². The summed E-state index contributed by atoms with van der Waals surface area (Å²) in [5.74, 6) is -3.57. The molecule has 0 saturated carbocycles. The van der Waals surface area contributed by atoms with Gasteiger partial charge in [0.2, 0.25) is 0 Å². The Morgan fingerprint density at radius 2 is 1.43 bits per heavy atom. The van der Waals surface area contributed by atoms with Gasteiger partial charge in [-0.1, -0.05) is 60.7 Å². The number of halogens is 2. The van der Waals surface area contributed by atoms with E-state index >= 15 is 0 Å². The second-order valence-electron chi connectivity index (χ2n) is 5.34. The molecule has 0 N–H and O–H groups in total. The molecule has 0 aromatic heterocycles. The van der Waals surface area contributed by atoms with Crippen LogP contribution in [0.5, 0.6) is 0 Å². The zero-order valence-electron chi connectivity index (χ0n) is 12.1. The first-order valence-corrected chi connectivity index (χ1v) is 7.09. The average molecular weight is 290 g/mol. The summed E-state index contributed by atoms with van der Waals surface area (Å²) < 4.78 is 32.9. The van der Waals surface area contributed by atoms with Gasteiger partial charge in [-0.25, -0.2) is 8.78 Å². The molecule has 1 atom stereocenters. The smallest absolute Gasteiger partial charge is 0.250 e. The Labute approximate surface area is 124 Å². The maximum Gasteiger partial charge on any atom is 0.250 e. The highest BCUT2D eigenvalue weighted by Crippen LogP contribution is 2.27. The Hall–Kier alpha value is -1.74. The minimum atomic E-state index is -2.76. The summed E-state index contributed by atoms with van der Waals surface area (Å²) in [7, 11) is 0. The van der Waals surface area contributed by atoms with E-state index in [1.807, 2.05) is 60.7 Å². The van der Waals surface area contributed by atoms with Gasteiger partial charge in [-0.2, -0.15) is 0 Å². The maximum atomic E-state index is 13.7. The van der Waals surface area contributed by atoms with Gasteiger partial charge in [0.15, 0.2) is 0 Å². The summed E-state index contributed by atoms with van der Waals surface area (Å²) in [6, 6.07) is 19.0. The molecular weight excluding hydrogens is 270 g/mol. The Morgan fingerprint density at radius 1 is 0.905 bits per heavy atom. The summed E-state index contributed by atoms with van der Waals surface area (Å²) >= 11 is 0. The van der Waals surface area contributed by atoms with Gasteiger partial charge in [0, 0.05) is 5.92 Å². The number of rotatable bonds is 7. The van der Waals surface area contributed by atoms with Crippen molar-refractivity contribution >= 4 is 0 Å². The fraction of sp³-hybridized carbons (Fsp3) is 0.333. The Bertz CT molecular complexity index is 520. The van der Waals surface area contributed by atoms with Gasteiger partial charge in [0.25, 0.3) is 5.92 Å². The Balaban J connectivity index is 1.91. The van der Waals surface area contributed by atoms with Crippen LogP contribution in [0.1, 0.15) is 18.1 Å². The van der Waals surface area contributed by atoms with E-state index in [9.17, 15) is 8.78 Å². The molecule has 0 bridgehead atoms. The first-order chi connectivity index (χ1) is 10.1. The fourth-order valence-corrected chi connectivity index (χ4v) is 2.18. The average Bonchev–Trinajstić information content (AvgIpc) is 2.47. The van der Waals surface area contributed by atoms with Gasteiger partial charge in [0.05, 0.1) is 13.2 Å². The lowest BCUT2D eigenvalue weighted by molar-refractivity contribution is -0.0749. The van der Waals surface area contributed by atoms with Crippen LogP contribution in [-0.4, -0.2) is 12.5 Å². The van der Waals surface area contributed by atoms with Crippen LogP contribution in [0, 0.1) is 5.92 Å². The van der Waals surface area contributed by atoms with Gasteiger partial charge in [-0.05, 0) is 24.5 Å². The SMILES string of the molecule is CC(F)(F)[C@H](COCc1ccccc1)Cc1ccccc1. The molecule has 1 nitrogen and oxygen atoms in total. The van der Waals surface area contributed by atoms with Crippen molar-refractivity contribution in [3.05, 3.63) is 71.8 Å². The third-order valence-corrected chi connectivity index (χ3v) is 3.47. The minimum Gasteiger partial charge on any atom is -0.376 e. The van der Waals surface area contributed by atoms with Crippen LogP contribution in [-0.2, 0) is 17.8 Å². The van der Waals surface area contributed by atoms with Crippen molar-refractivity contribution in [2.24, 2.45) is 5.92 Å². The van der Waals surface area contributed by atoms with Crippen LogP contribution in [0.2, 0.25) is 0 Å². The first-order valence-electron chi connectivity index (χ1n) is 7.09. The predicted molar refractivity (Wildman–Crippen MR) is 80.4 cm³/mol. The van der Waals surface area contributed by atoms with E-state index in [1.165, 1.54) is 0 Å². The van der Waals surface area contributed by atoms with E-state index in [0.717, 1.165) is 18.1 Å². The van der Waals surface area contributed by atoms with E-state index in [-0.39, 0.29) is 6.61 Å². The number of hydrogen-bond donors (Lipinski definition) is 0. The number of benzene rings is 2. The number of alkyl halides is 2. The molecule has 0 saturated heterocycles. The van der Waals surface area contributed by atoms with Crippen molar-refractivity contribution in [3.63, 3.8) is 0 Å². The maximum absolute atomic E-state index is 13.7. The largest absolute Gasteiger partial charge is 0.376 e. The van der Waals surface area contributed by atoms with Gasteiger partial charge in [-0.15, -0.1) is 0 Å². The Morgan fingerprint density at radius 3 is 1.95 bits per heavy atom. The van der Waals surface area contributed by atoms with Crippen molar-refractivity contribution < 1.29 is 13.5 Å². The van der Waals surface area contributed by atoms with Crippen LogP contribution in [0.4, 0.5) is 8.78 Å². The molecule has 2 rings (SSSR count). The highest BCUT2D eigenvalue weighted by molar-refractivity contribution is 5.16.